The molecule has 0 radical (unpaired) electrons. The van der Waals surface area contributed by atoms with E-state index in [1.165, 1.54) is 205 Å². The van der Waals surface area contributed by atoms with Crippen molar-refractivity contribution in [3.05, 3.63) is 0 Å². The van der Waals surface area contributed by atoms with Gasteiger partial charge in [0.15, 0.2) is 0 Å². The van der Waals surface area contributed by atoms with E-state index >= 15 is 0 Å². The molecule has 0 saturated carbocycles. The molecule has 0 aromatic heterocycles. The van der Waals surface area contributed by atoms with Crippen LogP contribution in [0.2, 0.25) is 0 Å². The quantitative estimate of drug-likeness (QED) is 0.0734. The largest absolute Gasteiger partial charge is 0.0654 e. The van der Waals surface area contributed by atoms with E-state index in [4.69, 9.17) is 0 Å². The Labute approximate surface area is 244 Å². The van der Waals surface area contributed by atoms with Crippen LogP contribution in [0.15, 0.2) is 0 Å². The zero-order valence-corrected chi connectivity index (χ0v) is 27.8. The Hall–Kier alpha value is 0. The van der Waals surface area contributed by atoms with Crippen molar-refractivity contribution in [1.29, 1.82) is 0 Å². The van der Waals surface area contributed by atoms with Crippen LogP contribution in [-0.4, -0.2) is 0 Å². The Balaban J connectivity index is 3.75. The predicted octanol–water partition coefficient (Wildman–Crippen LogP) is 14.8. The molecule has 0 aliphatic carbocycles. The summed E-state index contributed by atoms with van der Waals surface area (Å²) in [7, 11) is 0. The fourth-order valence-electron chi connectivity index (χ4n) is 6.32. The summed E-state index contributed by atoms with van der Waals surface area (Å²) < 4.78 is 0. The van der Waals surface area contributed by atoms with Gasteiger partial charge in [0.2, 0.25) is 0 Å². The van der Waals surface area contributed by atoms with Crippen LogP contribution in [0.3, 0.4) is 0 Å². The van der Waals surface area contributed by atoms with Gasteiger partial charge in [-0.1, -0.05) is 233 Å². The van der Waals surface area contributed by atoms with E-state index in [-0.39, 0.29) is 0 Å². The van der Waals surface area contributed by atoms with Gasteiger partial charge in [-0.05, 0) is 11.8 Å². The van der Waals surface area contributed by atoms with Gasteiger partial charge in [0.1, 0.15) is 0 Å². The molecule has 0 bridgehead atoms. The third kappa shape index (κ3) is 32.2. The summed E-state index contributed by atoms with van der Waals surface area (Å²) in [6, 6.07) is 0. The normalized spacial score (nSPS) is 12.6. The second-order valence-electron chi connectivity index (χ2n) is 13.6. The van der Waals surface area contributed by atoms with Gasteiger partial charge < -0.3 is 0 Å². The maximum absolute atomic E-state index is 2.38. The van der Waals surface area contributed by atoms with Gasteiger partial charge in [-0.2, -0.15) is 0 Å². The van der Waals surface area contributed by atoms with Crippen LogP contribution in [0, 0.1) is 11.8 Å². The van der Waals surface area contributed by atoms with Crippen LogP contribution in [0.5, 0.6) is 0 Å². The molecule has 0 amide bonds. The van der Waals surface area contributed by atoms with Crippen LogP contribution in [0.25, 0.3) is 0 Å². The first-order valence-electron chi connectivity index (χ1n) is 18.7. The lowest BCUT2D eigenvalue weighted by Crippen LogP contribution is -2.02. The van der Waals surface area contributed by atoms with Gasteiger partial charge in [-0.15, -0.1) is 0 Å². The SMILES string of the molecule is CCCCCCCCCCCCCCCCCC(CCCCCCCCCCCC)CCCCCC(C)C. The first-order chi connectivity index (χ1) is 18.7. The molecular formula is C38H78. The van der Waals surface area contributed by atoms with Crippen LogP contribution in [0.1, 0.15) is 233 Å². The van der Waals surface area contributed by atoms with Crippen molar-refractivity contribution < 1.29 is 0 Å². The van der Waals surface area contributed by atoms with Crippen molar-refractivity contribution in [1.82, 2.24) is 0 Å². The van der Waals surface area contributed by atoms with Crippen LogP contribution >= 0.6 is 0 Å². The van der Waals surface area contributed by atoms with E-state index in [0.29, 0.717) is 0 Å². The highest BCUT2D eigenvalue weighted by atomic mass is 14.1. The average molecular weight is 535 g/mol. The highest BCUT2D eigenvalue weighted by Crippen LogP contribution is 2.25. The summed E-state index contributed by atoms with van der Waals surface area (Å²) in [5.41, 5.74) is 0. The lowest BCUT2D eigenvalue weighted by Gasteiger charge is -2.17. The fraction of sp³-hybridized carbons (Fsp3) is 1.00. The molecule has 0 heteroatoms. The topological polar surface area (TPSA) is 0 Å². The summed E-state index contributed by atoms with van der Waals surface area (Å²) in [4.78, 5) is 0. The van der Waals surface area contributed by atoms with E-state index in [1.54, 1.807) is 0 Å². The highest BCUT2D eigenvalue weighted by molar-refractivity contribution is 4.62. The smallest absolute Gasteiger partial charge is 0.0414 e. The lowest BCUT2D eigenvalue weighted by molar-refractivity contribution is 0.363. The lowest BCUT2D eigenvalue weighted by atomic mass is 9.89. The van der Waals surface area contributed by atoms with Crippen molar-refractivity contribution in [3.63, 3.8) is 0 Å². The third-order valence-electron chi connectivity index (χ3n) is 9.08. The van der Waals surface area contributed by atoms with Crippen LogP contribution in [-0.2, 0) is 0 Å². The summed E-state index contributed by atoms with van der Waals surface area (Å²) in [5.74, 6) is 1.92. The maximum Gasteiger partial charge on any atom is -0.0414 e. The molecule has 230 valence electrons. The minimum atomic E-state index is 0.887. The molecule has 0 rings (SSSR count). The van der Waals surface area contributed by atoms with E-state index < -0.39 is 0 Å². The molecule has 0 saturated heterocycles. The molecule has 38 heavy (non-hydrogen) atoms. The first-order valence-corrected chi connectivity index (χ1v) is 18.7. The first kappa shape index (κ1) is 38.0. The molecular weight excluding hydrogens is 456 g/mol. The van der Waals surface area contributed by atoms with E-state index in [1.807, 2.05) is 0 Å². The molecule has 0 N–H and O–H groups in total. The molecule has 0 spiro atoms. The minimum Gasteiger partial charge on any atom is -0.0654 e. The zero-order chi connectivity index (χ0) is 27.8. The monoisotopic (exact) mass is 535 g/mol. The Morgan fingerprint density at radius 3 is 0.737 bits per heavy atom. The van der Waals surface area contributed by atoms with Crippen molar-refractivity contribution in [2.75, 3.05) is 0 Å². The van der Waals surface area contributed by atoms with Crippen molar-refractivity contribution in [2.45, 2.75) is 233 Å². The van der Waals surface area contributed by atoms with Crippen molar-refractivity contribution in [2.24, 2.45) is 11.8 Å². The highest BCUT2D eigenvalue weighted by Gasteiger charge is 2.09. The van der Waals surface area contributed by atoms with Gasteiger partial charge in [0.25, 0.3) is 0 Å². The molecule has 0 aromatic carbocycles. The molecule has 1 atom stereocenters. The molecule has 0 aliphatic rings. The number of unbranched alkanes of at least 4 members (excludes halogenated alkanes) is 25. The van der Waals surface area contributed by atoms with Crippen molar-refractivity contribution in [3.8, 4) is 0 Å². The standard InChI is InChI=1S/C38H78/c1-5-7-9-11-13-15-17-18-19-20-21-23-25-27-31-35-38(36-32-28-29-33-37(3)4)34-30-26-24-22-16-14-12-10-8-6-2/h37-38H,5-36H2,1-4H3. The van der Waals surface area contributed by atoms with E-state index in [9.17, 15) is 0 Å². The number of hydrogen-bond donors (Lipinski definition) is 0. The molecule has 1 unspecified atom stereocenters. The van der Waals surface area contributed by atoms with Gasteiger partial charge in [-0.3, -0.25) is 0 Å². The van der Waals surface area contributed by atoms with Gasteiger partial charge in [0, 0.05) is 0 Å². The van der Waals surface area contributed by atoms with Crippen LogP contribution < -0.4 is 0 Å². The molecule has 0 fully saturated rings. The van der Waals surface area contributed by atoms with E-state index in [0.717, 1.165) is 11.8 Å². The number of hydrogen-bond acceptors (Lipinski definition) is 0. The Kier molecular flexibility index (Phi) is 33.2. The third-order valence-corrected chi connectivity index (χ3v) is 9.08. The minimum absolute atomic E-state index is 0.887. The molecule has 0 nitrogen and oxygen atoms in total. The second kappa shape index (κ2) is 33.2. The van der Waals surface area contributed by atoms with Crippen molar-refractivity contribution >= 4 is 0 Å². The Morgan fingerprint density at radius 2 is 0.474 bits per heavy atom. The van der Waals surface area contributed by atoms with Gasteiger partial charge in [-0.25, -0.2) is 0 Å². The second-order valence-corrected chi connectivity index (χ2v) is 13.6. The summed E-state index contributed by atoms with van der Waals surface area (Å²) in [6.45, 7) is 9.39. The van der Waals surface area contributed by atoms with Gasteiger partial charge in [0.05, 0.1) is 0 Å². The number of rotatable bonds is 33. The van der Waals surface area contributed by atoms with E-state index in [2.05, 4.69) is 27.7 Å². The Morgan fingerprint density at radius 1 is 0.263 bits per heavy atom. The summed E-state index contributed by atoms with van der Waals surface area (Å²) in [6.07, 6.45) is 47.4. The summed E-state index contributed by atoms with van der Waals surface area (Å²) >= 11 is 0. The molecule has 0 aliphatic heterocycles. The van der Waals surface area contributed by atoms with Gasteiger partial charge >= 0.3 is 0 Å². The predicted molar refractivity (Wildman–Crippen MR) is 177 cm³/mol. The zero-order valence-electron chi connectivity index (χ0n) is 27.8. The summed E-state index contributed by atoms with van der Waals surface area (Å²) in [5, 5.41) is 0. The maximum atomic E-state index is 2.38. The van der Waals surface area contributed by atoms with Crippen LogP contribution in [0.4, 0.5) is 0 Å². The molecule has 0 heterocycles. The Bertz CT molecular complexity index is 397. The molecule has 0 aromatic rings. The fourth-order valence-corrected chi connectivity index (χ4v) is 6.32. The average Bonchev–Trinajstić information content (AvgIpc) is 2.91.